The monoisotopic (exact) mass is 244 g/mol. The lowest BCUT2D eigenvalue weighted by Gasteiger charge is -2.02. The van der Waals surface area contributed by atoms with Crippen molar-refractivity contribution in [3.8, 4) is 0 Å². The molecule has 0 aliphatic carbocycles. The molecule has 13 heavy (non-hydrogen) atoms. The van der Waals surface area contributed by atoms with E-state index in [1.165, 1.54) is 0 Å². The average molecular weight is 245 g/mol. The Balaban J connectivity index is 4.28. The summed E-state index contributed by atoms with van der Waals surface area (Å²) in [6, 6.07) is 0. The number of allylic oxidation sites excluding steroid dienone is 5. The summed E-state index contributed by atoms with van der Waals surface area (Å²) in [5, 5.41) is 8.49. The fraction of sp³-hybridized carbons (Fsp3) is 0.300. The number of hydrogen-bond acceptors (Lipinski definition) is 1. The van der Waals surface area contributed by atoms with Crippen LogP contribution in [-0.4, -0.2) is 11.1 Å². The summed E-state index contributed by atoms with van der Waals surface area (Å²) in [7, 11) is 0. The zero-order valence-corrected chi connectivity index (χ0v) is 9.17. The molecule has 0 rings (SSSR count). The molecule has 0 heterocycles. The molecule has 0 fully saturated rings. The highest BCUT2D eigenvalue weighted by Crippen LogP contribution is 2.21. The largest absolute Gasteiger partial charge is 0.481 e. The van der Waals surface area contributed by atoms with Gasteiger partial charge >= 0.3 is 5.97 Å². The summed E-state index contributed by atoms with van der Waals surface area (Å²) < 4.78 is 0.895. The van der Waals surface area contributed by atoms with Crippen LogP contribution in [0.25, 0.3) is 0 Å². The predicted molar refractivity (Wildman–Crippen MR) is 57.8 cm³/mol. The van der Waals surface area contributed by atoms with Crippen LogP contribution in [0.2, 0.25) is 0 Å². The van der Waals surface area contributed by atoms with Crippen molar-refractivity contribution in [3.63, 3.8) is 0 Å². The zero-order chi connectivity index (χ0) is 10.3. The van der Waals surface area contributed by atoms with E-state index in [9.17, 15) is 4.79 Å². The highest BCUT2D eigenvalue weighted by molar-refractivity contribution is 9.12. The molecule has 0 spiro atoms. The second-order valence-electron chi connectivity index (χ2n) is 2.46. The maximum atomic E-state index is 10.3. The van der Waals surface area contributed by atoms with Crippen LogP contribution in [0.3, 0.4) is 0 Å². The number of rotatable bonds is 5. The van der Waals surface area contributed by atoms with Crippen LogP contribution >= 0.6 is 15.9 Å². The number of hydrogen-bond donors (Lipinski definition) is 1. The molecule has 0 aromatic rings. The number of aliphatic carboxylic acids is 1. The summed E-state index contributed by atoms with van der Waals surface area (Å²) in [6.07, 6.45) is 6.05. The molecule has 0 bridgehead atoms. The first kappa shape index (κ1) is 12.2. The molecule has 0 saturated carbocycles. The van der Waals surface area contributed by atoms with Gasteiger partial charge in [0.25, 0.3) is 0 Å². The van der Waals surface area contributed by atoms with E-state index in [4.69, 9.17) is 5.11 Å². The average Bonchev–Trinajstić information content (AvgIpc) is 2.05. The van der Waals surface area contributed by atoms with Gasteiger partial charge in [0, 0.05) is 10.9 Å². The third-order valence-corrected chi connectivity index (χ3v) is 2.30. The van der Waals surface area contributed by atoms with E-state index in [0.717, 1.165) is 10.1 Å². The third-order valence-electron chi connectivity index (χ3n) is 1.53. The minimum Gasteiger partial charge on any atom is -0.481 e. The number of carboxylic acids is 1. The molecule has 72 valence electrons. The van der Waals surface area contributed by atoms with Crippen molar-refractivity contribution in [2.24, 2.45) is 0 Å². The molecule has 1 N–H and O–H groups in total. The second-order valence-corrected chi connectivity index (χ2v) is 3.31. The lowest BCUT2D eigenvalue weighted by molar-refractivity contribution is -0.136. The van der Waals surface area contributed by atoms with Crippen LogP contribution in [0.1, 0.15) is 19.8 Å². The van der Waals surface area contributed by atoms with Gasteiger partial charge in [-0.1, -0.05) is 34.7 Å². The van der Waals surface area contributed by atoms with E-state index < -0.39 is 5.97 Å². The summed E-state index contributed by atoms with van der Waals surface area (Å²) in [4.78, 5) is 10.3. The Hall–Kier alpha value is -0.830. The van der Waals surface area contributed by atoms with Crippen LogP contribution in [0.5, 0.6) is 0 Å². The lowest BCUT2D eigenvalue weighted by atomic mass is 10.1. The minimum absolute atomic E-state index is 0.153. The molecule has 0 radical (unpaired) electrons. The van der Waals surface area contributed by atoms with Crippen LogP contribution in [0, 0.1) is 0 Å². The van der Waals surface area contributed by atoms with Gasteiger partial charge in [0.15, 0.2) is 0 Å². The molecule has 0 amide bonds. The number of halogens is 1. The van der Waals surface area contributed by atoms with Crippen LogP contribution in [0.4, 0.5) is 0 Å². The molecule has 2 nitrogen and oxygen atoms in total. The Labute approximate surface area is 86.8 Å². The third kappa shape index (κ3) is 5.42. The molecule has 0 atom stereocenters. The first-order valence-corrected chi connectivity index (χ1v) is 4.76. The topological polar surface area (TPSA) is 37.3 Å². The summed E-state index contributed by atoms with van der Waals surface area (Å²) in [5.74, 6) is -0.779. The first-order chi connectivity index (χ1) is 6.11. The summed E-state index contributed by atoms with van der Waals surface area (Å²) in [5.41, 5.74) is 0.988. The van der Waals surface area contributed by atoms with E-state index in [2.05, 4.69) is 22.5 Å². The molecule has 3 heteroatoms. The van der Waals surface area contributed by atoms with Crippen LogP contribution < -0.4 is 0 Å². The zero-order valence-electron chi connectivity index (χ0n) is 7.59. The summed E-state index contributed by atoms with van der Waals surface area (Å²) >= 11 is 3.34. The molecule has 0 aromatic carbocycles. The van der Waals surface area contributed by atoms with Gasteiger partial charge in [-0.3, -0.25) is 4.79 Å². The van der Waals surface area contributed by atoms with Gasteiger partial charge in [-0.25, -0.2) is 0 Å². The quantitative estimate of drug-likeness (QED) is 0.755. The lowest BCUT2D eigenvalue weighted by Crippen LogP contribution is -1.95. The van der Waals surface area contributed by atoms with Gasteiger partial charge in [0.1, 0.15) is 0 Å². The van der Waals surface area contributed by atoms with Crippen molar-refractivity contribution in [1.29, 1.82) is 0 Å². The van der Waals surface area contributed by atoms with Crippen molar-refractivity contribution in [3.05, 3.63) is 34.9 Å². The van der Waals surface area contributed by atoms with Gasteiger partial charge in [-0.2, -0.15) is 0 Å². The first-order valence-electron chi connectivity index (χ1n) is 3.97. The van der Waals surface area contributed by atoms with Crippen LogP contribution in [0.15, 0.2) is 34.9 Å². The van der Waals surface area contributed by atoms with E-state index in [1.807, 2.05) is 13.0 Å². The maximum Gasteiger partial charge on any atom is 0.303 e. The molecule has 0 saturated heterocycles. The van der Waals surface area contributed by atoms with Gasteiger partial charge in [-0.15, -0.1) is 0 Å². The molecular weight excluding hydrogens is 232 g/mol. The predicted octanol–water partition coefficient (Wildman–Crippen LogP) is 3.26. The highest BCUT2D eigenvalue weighted by atomic mass is 79.9. The number of carboxylic acid groups (broad SMARTS) is 1. The van der Waals surface area contributed by atoms with Gasteiger partial charge in [0.2, 0.25) is 0 Å². The molecule has 0 aliphatic heterocycles. The highest BCUT2D eigenvalue weighted by Gasteiger charge is 2.03. The van der Waals surface area contributed by atoms with E-state index in [1.54, 1.807) is 12.2 Å². The SMILES string of the molecule is C=C/C=C(Br)\C(=C/C)CCC(=O)O. The molecular formula is C10H13BrO2. The van der Waals surface area contributed by atoms with Crippen molar-refractivity contribution in [2.75, 3.05) is 0 Å². The molecule has 0 unspecified atom stereocenters. The smallest absolute Gasteiger partial charge is 0.303 e. The Morgan fingerprint density at radius 1 is 1.54 bits per heavy atom. The summed E-state index contributed by atoms with van der Waals surface area (Å²) in [6.45, 7) is 5.45. The van der Waals surface area contributed by atoms with E-state index >= 15 is 0 Å². The van der Waals surface area contributed by atoms with E-state index in [0.29, 0.717) is 6.42 Å². The second kappa shape index (κ2) is 6.66. The Morgan fingerprint density at radius 3 is 2.54 bits per heavy atom. The van der Waals surface area contributed by atoms with Gasteiger partial charge < -0.3 is 5.11 Å². The Bertz CT molecular complexity index is 252. The fourth-order valence-electron chi connectivity index (χ4n) is 0.854. The Morgan fingerprint density at radius 2 is 2.15 bits per heavy atom. The number of carbonyl (C=O) groups is 1. The molecule has 0 aliphatic rings. The van der Waals surface area contributed by atoms with Crippen LogP contribution in [-0.2, 0) is 4.79 Å². The normalized spacial score (nSPS) is 12.8. The van der Waals surface area contributed by atoms with E-state index in [-0.39, 0.29) is 6.42 Å². The van der Waals surface area contributed by atoms with Crippen molar-refractivity contribution in [1.82, 2.24) is 0 Å². The van der Waals surface area contributed by atoms with Crippen molar-refractivity contribution in [2.45, 2.75) is 19.8 Å². The minimum atomic E-state index is -0.779. The maximum absolute atomic E-state index is 10.3. The van der Waals surface area contributed by atoms with Crippen molar-refractivity contribution >= 4 is 21.9 Å². The van der Waals surface area contributed by atoms with Gasteiger partial charge in [-0.05, 0) is 25.0 Å². The fourth-order valence-corrected chi connectivity index (χ4v) is 1.47. The molecule has 0 aromatic heterocycles. The van der Waals surface area contributed by atoms with Crippen molar-refractivity contribution < 1.29 is 9.90 Å². The van der Waals surface area contributed by atoms with Gasteiger partial charge in [0.05, 0.1) is 0 Å². The Kier molecular flexibility index (Phi) is 6.24. The standard InChI is InChI=1S/C10H13BrO2/c1-3-5-9(11)8(4-2)6-7-10(12)13/h3-5H,1,6-7H2,2H3,(H,12,13)/b8-4-,9-5+.